The molecule has 22 heavy (non-hydrogen) atoms. The molecule has 0 radical (unpaired) electrons. The predicted molar refractivity (Wildman–Crippen MR) is 92.9 cm³/mol. The lowest BCUT2D eigenvalue weighted by Crippen LogP contribution is -1.81. The van der Waals surface area contributed by atoms with Crippen molar-refractivity contribution in [3.63, 3.8) is 0 Å². The molecule has 0 N–H and O–H groups in total. The van der Waals surface area contributed by atoms with Crippen LogP contribution in [0.25, 0.3) is 21.5 Å². The predicted octanol–water partition coefficient (Wildman–Crippen LogP) is 6.36. The Morgan fingerprint density at radius 2 is 1.95 bits per heavy atom. The Morgan fingerprint density at radius 3 is 2.77 bits per heavy atom. The number of thiazole rings is 1. The second-order valence-corrected chi connectivity index (χ2v) is 7.42. The minimum Gasteiger partial charge on any atom is -0.464 e. The summed E-state index contributed by atoms with van der Waals surface area (Å²) < 4.78 is 7.73. The number of para-hydroxylation sites is 1. The van der Waals surface area contributed by atoms with E-state index >= 15 is 0 Å². The molecule has 108 valence electrons. The first-order valence-corrected chi connectivity index (χ1v) is 8.67. The molecular weight excluding hydrogens is 334 g/mol. The topological polar surface area (TPSA) is 26.0 Å². The van der Waals surface area contributed by atoms with Gasteiger partial charge in [-0.25, -0.2) is 4.98 Å². The zero-order valence-electron chi connectivity index (χ0n) is 11.3. The van der Waals surface area contributed by atoms with Crippen molar-refractivity contribution in [1.82, 2.24) is 4.98 Å². The van der Waals surface area contributed by atoms with Gasteiger partial charge in [-0.3, -0.25) is 0 Å². The van der Waals surface area contributed by atoms with Gasteiger partial charge in [-0.15, -0.1) is 11.3 Å². The number of rotatable bonds is 3. The second-order valence-electron chi connectivity index (χ2n) is 4.67. The van der Waals surface area contributed by atoms with E-state index in [1.807, 2.05) is 48.5 Å². The highest BCUT2D eigenvalue weighted by atomic mass is 35.5. The minimum absolute atomic E-state index is 0.694. The molecule has 0 amide bonds. The van der Waals surface area contributed by atoms with Crippen molar-refractivity contribution in [2.24, 2.45) is 0 Å². The number of furan rings is 1. The largest absolute Gasteiger partial charge is 0.464 e. The first-order chi connectivity index (χ1) is 10.8. The Hall–Kier alpha value is -1.75. The van der Waals surface area contributed by atoms with Crippen LogP contribution in [0.5, 0.6) is 0 Å². The summed E-state index contributed by atoms with van der Waals surface area (Å²) in [7, 11) is 0. The van der Waals surface area contributed by atoms with Crippen LogP contribution < -0.4 is 0 Å². The van der Waals surface area contributed by atoms with Crippen LogP contribution in [0.3, 0.4) is 0 Å². The zero-order chi connectivity index (χ0) is 14.9. The van der Waals surface area contributed by atoms with Crippen molar-refractivity contribution in [3.8, 4) is 11.3 Å². The van der Waals surface area contributed by atoms with Crippen LogP contribution in [-0.2, 0) is 0 Å². The Balaban J connectivity index is 1.76. The van der Waals surface area contributed by atoms with Crippen molar-refractivity contribution in [1.29, 1.82) is 0 Å². The van der Waals surface area contributed by atoms with Gasteiger partial charge in [0, 0.05) is 15.5 Å². The molecule has 4 rings (SSSR count). The maximum Gasteiger partial charge on any atom is 0.155 e. The maximum atomic E-state index is 6.14. The number of benzene rings is 2. The molecule has 2 aromatic heterocycles. The summed E-state index contributed by atoms with van der Waals surface area (Å²) in [5.41, 5.74) is 2.02. The van der Waals surface area contributed by atoms with Crippen LogP contribution in [0.15, 0.2) is 74.5 Å². The smallest absolute Gasteiger partial charge is 0.155 e. The lowest BCUT2D eigenvalue weighted by molar-refractivity contribution is 0.581. The van der Waals surface area contributed by atoms with Crippen LogP contribution in [0.1, 0.15) is 0 Å². The van der Waals surface area contributed by atoms with Gasteiger partial charge in [0.25, 0.3) is 0 Å². The van der Waals surface area contributed by atoms with E-state index in [9.17, 15) is 0 Å². The van der Waals surface area contributed by atoms with Crippen molar-refractivity contribution in [3.05, 3.63) is 65.9 Å². The number of fused-ring (bicyclic) bond motifs is 1. The third kappa shape index (κ3) is 2.65. The summed E-state index contributed by atoms with van der Waals surface area (Å²) in [5.74, 6) is 0.811. The number of nitrogens with zero attached hydrogens (tertiary/aromatic N) is 1. The van der Waals surface area contributed by atoms with Gasteiger partial charge in [0.1, 0.15) is 5.76 Å². The first kappa shape index (κ1) is 13.9. The molecule has 0 atom stereocenters. The molecule has 2 nitrogen and oxygen atoms in total. The molecule has 2 aromatic carbocycles. The Kier molecular flexibility index (Phi) is 3.66. The minimum atomic E-state index is 0.694. The normalized spacial score (nSPS) is 11.1. The molecule has 2 heterocycles. The zero-order valence-corrected chi connectivity index (χ0v) is 13.7. The van der Waals surface area contributed by atoms with E-state index in [-0.39, 0.29) is 0 Å². The highest BCUT2D eigenvalue weighted by molar-refractivity contribution is 8.01. The van der Waals surface area contributed by atoms with E-state index in [1.54, 1.807) is 29.4 Å². The van der Waals surface area contributed by atoms with Crippen LogP contribution in [0.2, 0.25) is 5.02 Å². The molecule has 0 saturated carbocycles. The molecule has 0 aliphatic rings. The number of hydrogen-bond donors (Lipinski definition) is 0. The summed E-state index contributed by atoms with van der Waals surface area (Å²) in [5, 5.41) is 0.694. The van der Waals surface area contributed by atoms with Gasteiger partial charge in [0.05, 0.1) is 16.5 Å². The summed E-state index contributed by atoms with van der Waals surface area (Å²) in [6.07, 6.45) is 1.67. The van der Waals surface area contributed by atoms with E-state index in [2.05, 4.69) is 11.1 Å². The van der Waals surface area contributed by atoms with E-state index in [1.165, 1.54) is 4.70 Å². The van der Waals surface area contributed by atoms with Gasteiger partial charge in [-0.05, 0) is 42.5 Å². The van der Waals surface area contributed by atoms with Crippen molar-refractivity contribution in [2.75, 3.05) is 0 Å². The van der Waals surface area contributed by atoms with Gasteiger partial charge >= 0.3 is 0 Å². The molecule has 0 fully saturated rings. The molecule has 0 spiro atoms. The van der Waals surface area contributed by atoms with Crippen molar-refractivity contribution >= 4 is 44.9 Å². The SMILES string of the molecule is Clc1ccc(Sc2nc3ccccc3s2)c(-c2ccco2)c1. The maximum absolute atomic E-state index is 6.14. The fourth-order valence-electron chi connectivity index (χ4n) is 2.20. The lowest BCUT2D eigenvalue weighted by atomic mass is 10.2. The quantitative estimate of drug-likeness (QED) is 0.433. The average molecular weight is 344 g/mol. The second kappa shape index (κ2) is 5.80. The van der Waals surface area contributed by atoms with Gasteiger partial charge in [-0.2, -0.15) is 0 Å². The van der Waals surface area contributed by atoms with E-state index in [0.717, 1.165) is 26.1 Å². The summed E-state index contributed by atoms with van der Waals surface area (Å²) in [6.45, 7) is 0. The highest BCUT2D eigenvalue weighted by Gasteiger charge is 2.12. The molecule has 0 aliphatic carbocycles. The summed E-state index contributed by atoms with van der Waals surface area (Å²) in [4.78, 5) is 5.75. The molecular formula is C17H10ClNOS2. The Bertz CT molecular complexity index is 898. The van der Waals surface area contributed by atoms with Crippen LogP contribution in [0, 0.1) is 0 Å². The third-order valence-electron chi connectivity index (χ3n) is 3.20. The van der Waals surface area contributed by atoms with Crippen LogP contribution in [0.4, 0.5) is 0 Å². The Morgan fingerprint density at radius 1 is 1.05 bits per heavy atom. The molecule has 4 aromatic rings. The summed E-state index contributed by atoms with van der Waals surface area (Å²) in [6, 6.07) is 17.8. The lowest BCUT2D eigenvalue weighted by Gasteiger charge is -2.05. The fourth-order valence-corrected chi connectivity index (χ4v) is 4.52. The number of halogens is 1. The van der Waals surface area contributed by atoms with E-state index in [4.69, 9.17) is 16.0 Å². The van der Waals surface area contributed by atoms with Gasteiger partial charge in [0.15, 0.2) is 4.34 Å². The van der Waals surface area contributed by atoms with Crippen molar-refractivity contribution < 1.29 is 4.42 Å². The van der Waals surface area contributed by atoms with Gasteiger partial charge in [-0.1, -0.05) is 35.5 Å². The Labute approximate surface area is 140 Å². The van der Waals surface area contributed by atoms with Crippen molar-refractivity contribution in [2.45, 2.75) is 9.24 Å². The summed E-state index contributed by atoms with van der Waals surface area (Å²) >= 11 is 9.46. The number of hydrogen-bond acceptors (Lipinski definition) is 4. The third-order valence-corrected chi connectivity index (χ3v) is 5.61. The standard InChI is InChI=1S/C17H10ClNOS2/c18-11-7-8-15(12(10-11)14-5-3-9-20-14)21-17-19-13-4-1-2-6-16(13)22-17/h1-10H. The number of aromatic nitrogens is 1. The van der Waals surface area contributed by atoms with Gasteiger partial charge in [0.2, 0.25) is 0 Å². The monoisotopic (exact) mass is 343 g/mol. The van der Waals surface area contributed by atoms with Crippen LogP contribution in [-0.4, -0.2) is 4.98 Å². The van der Waals surface area contributed by atoms with E-state index in [0.29, 0.717) is 5.02 Å². The molecule has 0 aliphatic heterocycles. The fraction of sp³-hybridized carbons (Fsp3) is 0. The molecule has 0 unspecified atom stereocenters. The average Bonchev–Trinajstić information content (AvgIpc) is 3.17. The first-order valence-electron chi connectivity index (χ1n) is 6.66. The molecule has 0 saturated heterocycles. The van der Waals surface area contributed by atoms with Crippen LogP contribution >= 0.6 is 34.7 Å². The van der Waals surface area contributed by atoms with Gasteiger partial charge < -0.3 is 4.42 Å². The van der Waals surface area contributed by atoms with E-state index < -0.39 is 0 Å². The molecule has 5 heteroatoms. The molecule has 0 bridgehead atoms. The highest BCUT2D eigenvalue weighted by Crippen LogP contribution is 2.40.